The maximum Gasteiger partial charge on any atom is 0.326 e. The van der Waals surface area contributed by atoms with Gasteiger partial charge in [0.25, 0.3) is 0 Å². The minimum absolute atomic E-state index is 0.0271. The van der Waals surface area contributed by atoms with Gasteiger partial charge in [0.05, 0.1) is 6.04 Å². The molecule has 244 valence electrons. The molecule has 9 N–H and O–H groups in total. The predicted octanol–water partition coefficient (Wildman–Crippen LogP) is 2.21. The summed E-state index contributed by atoms with van der Waals surface area (Å²) in [7, 11) is 0. The molecule has 0 fully saturated rings. The number of carboxylic acids is 2. The molecule has 0 spiro atoms. The Morgan fingerprint density at radius 2 is 1.24 bits per heavy atom. The average molecular weight is 633 g/mol. The summed E-state index contributed by atoms with van der Waals surface area (Å²) in [6, 6.07) is 10.1. The number of nitrogens with two attached hydrogens (primary N) is 1. The van der Waals surface area contributed by atoms with Crippen LogP contribution in [0.3, 0.4) is 0 Å². The third-order valence-corrected chi connectivity index (χ3v) is 8.25. The zero-order valence-electron chi connectivity index (χ0n) is 25.7. The summed E-state index contributed by atoms with van der Waals surface area (Å²) in [6.07, 6.45) is 3.54. The van der Waals surface area contributed by atoms with Gasteiger partial charge in [0.2, 0.25) is 17.7 Å². The zero-order chi connectivity index (χ0) is 33.4. The number of nitrogens with one attached hydrogen (secondary N) is 5. The molecule has 2 heterocycles. The first-order chi connectivity index (χ1) is 22.0. The van der Waals surface area contributed by atoms with Crippen molar-refractivity contribution in [2.24, 2.45) is 11.7 Å². The van der Waals surface area contributed by atoms with Gasteiger partial charge in [-0.3, -0.25) is 19.2 Å². The molecule has 2 aromatic carbocycles. The predicted molar refractivity (Wildman–Crippen MR) is 172 cm³/mol. The van der Waals surface area contributed by atoms with Crippen LogP contribution in [-0.4, -0.2) is 74.0 Å². The van der Waals surface area contributed by atoms with E-state index in [0.29, 0.717) is 6.42 Å². The van der Waals surface area contributed by atoms with Gasteiger partial charge >= 0.3 is 11.9 Å². The van der Waals surface area contributed by atoms with Crippen molar-refractivity contribution < 1.29 is 34.2 Å². The van der Waals surface area contributed by atoms with E-state index in [1.165, 1.54) is 0 Å². The van der Waals surface area contributed by atoms with Crippen molar-refractivity contribution >= 4 is 51.5 Å². The van der Waals surface area contributed by atoms with Gasteiger partial charge in [-0.2, -0.15) is 0 Å². The first-order valence-corrected chi connectivity index (χ1v) is 15.2. The third kappa shape index (κ3) is 8.30. The van der Waals surface area contributed by atoms with E-state index in [1.54, 1.807) is 19.3 Å². The number of para-hydroxylation sites is 2. The first kappa shape index (κ1) is 33.7. The number of aromatic amines is 2. The fraction of sp³-hybridized carbons (Fsp3) is 0.364. The van der Waals surface area contributed by atoms with Gasteiger partial charge in [-0.1, -0.05) is 56.7 Å². The number of aliphatic carboxylic acids is 2. The summed E-state index contributed by atoms with van der Waals surface area (Å²) < 4.78 is 0. The van der Waals surface area contributed by atoms with Crippen LogP contribution in [0.5, 0.6) is 0 Å². The molecular weight excluding hydrogens is 592 g/mol. The summed E-state index contributed by atoms with van der Waals surface area (Å²) in [5, 5.41) is 28.5. The molecule has 0 saturated heterocycles. The second-order valence-corrected chi connectivity index (χ2v) is 11.5. The minimum atomic E-state index is -1.21. The lowest BCUT2D eigenvalue weighted by Crippen LogP contribution is -2.58. The molecule has 0 aliphatic rings. The monoisotopic (exact) mass is 632 g/mol. The Hall–Kier alpha value is -5.17. The maximum absolute atomic E-state index is 14.0. The fourth-order valence-electron chi connectivity index (χ4n) is 5.36. The Morgan fingerprint density at radius 1 is 0.761 bits per heavy atom. The smallest absolute Gasteiger partial charge is 0.326 e. The standard InChI is InChI=1S/C33H40N6O7/c1-3-18(2)29(33(45)46)39-32(44)27(15-20-17-36-25-11-7-5-9-22(20)25)38-31(43)26(37-30(42)23(34)12-13-28(40)41)14-19-16-35-24-10-6-4-8-21(19)24/h4-11,16-18,23,26-27,29,35-36H,3,12-15,34H2,1-2H3,(H,37,42)(H,38,43)(H,39,44)(H,40,41)(H,45,46). The molecule has 0 aliphatic heterocycles. The van der Waals surface area contributed by atoms with Gasteiger partial charge in [-0.05, 0) is 35.6 Å². The van der Waals surface area contributed by atoms with Crippen LogP contribution in [0, 0.1) is 5.92 Å². The summed E-state index contributed by atoms with van der Waals surface area (Å²) in [4.78, 5) is 70.1. The Labute approximate surface area is 265 Å². The van der Waals surface area contributed by atoms with Crippen LogP contribution in [0.1, 0.15) is 44.2 Å². The summed E-state index contributed by atoms with van der Waals surface area (Å²) >= 11 is 0. The second kappa shape index (κ2) is 15.2. The van der Waals surface area contributed by atoms with Crippen molar-refractivity contribution in [2.45, 2.75) is 70.1 Å². The zero-order valence-corrected chi connectivity index (χ0v) is 25.7. The molecule has 0 aliphatic carbocycles. The molecule has 0 radical (unpaired) electrons. The van der Waals surface area contributed by atoms with Crippen molar-refractivity contribution in [3.63, 3.8) is 0 Å². The van der Waals surface area contributed by atoms with Crippen LogP contribution in [0.15, 0.2) is 60.9 Å². The molecule has 13 nitrogen and oxygen atoms in total. The Morgan fingerprint density at radius 3 is 1.72 bits per heavy atom. The SMILES string of the molecule is CCC(C)C(NC(=O)C(Cc1c[nH]c2ccccc12)NC(=O)C(Cc1c[nH]c2ccccc12)NC(=O)C(N)CCC(=O)O)C(=O)O. The topological polar surface area (TPSA) is 219 Å². The fourth-order valence-corrected chi connectivity index (χ4v) is 5.36. The Bertz CT molecular complexity index is 1710. The summed E-state index contributed by atoms with van der Waals surface area (Å²) in [5.74, 6) is -4.80. The van der Waals surface area contributed by atoms with Gasteiger partial charge in [-0.15, -0.1) is 0 Å². The number of amides is 3. The molecule has 46 heavy (non-hydrogen) atoms. The van der Waals surface area contributed by atoms with E-state index in [2.05, 4.69) is 25.9 Å². The van der Waals surface area contributed by atoms with E-state index in [9.17, 15) is 29.1 Å². The van der Waals surface area contributed by atoms with Crippen LogP contribution in [-0.2, 0) is 36.8 Å². The number of benzene rings is 2. The van der Waals surface area contributed by atoms with Gasteiger partial charge in [0, 0.05) is 53.5 Å². The highest BCUT2D eigenvalue weighted by atomic mass is 16.4. The summed E-state index contributed by atoms with van der Waals surface area (Å²) in [6.45, 7) is 3.53. The second-order valence-electron chi connectivity index (χ2n) is 11.5. The van der Waals surface area contributed by atoms with Crippen LogP contribution in [0.25, 0.3) is 21.8 Å². The van der Waals surface area contributed by atoms with E-state index in [4.69, 9.17) is 10.8 Å². The number of carboxylic acid groups (broad SMARTS) is 2. The number of carbonyl (C=O) groups excluding carboxylic acids is 3. The number of carbonyl (C=O) groups is 5. The van der Waals surface area contributed by atoms with E-state index in [1.807, 2.05) is 55.5 Å². The van der Waals surface area contributed by atoms with Crippen molar-refractivity contribution in [1.82, 2.24) is 25.9 Å². The maximum atomic E-state index is 14.0. The Balaban J connectivity index is 1.64. The number of hydrogen-bond donors (Lipinski definition) is 8. The number of hydrogen-bond acceptors (Lipinski definition) is 6. The largest absolute Gasteiger partial charge is 0.481 e. The first-order valence-electron chi connectivity index (χ1n) is 15.2. The number of rotatable bonds is 16. The van der Waals surface area contributed by atoms with E-state index < -0.39 is 53.8 Å². The van der Waals surface area contributed by atoms with Crippen molar-refractivity contribution in [3.8, 4) is 0 Å². The molecule has 13 heteroatoms. The number of fused-ring (bicyclic) bond motifs is 2. The van der Waals surface area contributed by atoms with Crippen LogP contribution >= 0.6 is 0 Å². The number of H-pyrrole nitrogens is 2. The van der Waals surface area contributed by atoms with Crippen LogP contribution in [0.2, 0.25) is 0 Å². The number of aromatic nitrogens is 2. The normalized spacial score (nSPS) is 14.6. The van der Waals surface area contributed by atoms with Crippen molar-refractivity contribution in [2.75, 3.05) is 0 Å². The van der Waals surface area contributed by atoms with Gasteiger partial charge in [-0.25, -0.2) is 4.79 Å². The molecule has 3 amide bonds. The van der Waals surface area contributed by atoms with Gasteiger partial charge in [0.1, 0.15) is 18.1 Å². The molecule has 2 aromatic heterocycles. The quantitative estimate of drug-likeness (QED) is 0.0913. The van der Waals surface area contributed by atoms with Crippen molar-refractivity contribution in [3.05, 3.63) is 72.1 Å². The lowest BCUT2D eigenvalue weighted by Gasteiger charge is -2.26. The van der Waals surface area contributed by atoms with Gasteiger partial charge < -0.3 is 41.9 Å². The molecule has 5 unspecified atom stereocenters. The molecule has 5 atom stereocenters. The van der Waals surface area contributed by atoms with Crippen molar-refractivity contribution in [1.29, 1.82) is 0 Å². The van der Waals surface area contributed by atoms with Crippen LogP contribution in [0.4, 0.5) is 0 Å². The average Bonchev–Trinajstić information content (AvgIpc) is 3.65. The highest BCUT2D eigenvalue weighted by Crippen LogP contribution is 2.21. The molecule has 0 saturated carbocycles. The highest BCUT2D eigenvalue weighted by Gasteiger charge is 2.33. The highest BCUT2D eigenvalue weighted by molar-refractivity contribution is 5.95. The minimum Gasteiger partial charge on any atom is -0.481 e. The molecule has 0 bridgehead atoms. The lowest BCUT2D eigenvalue weighted by molar-refractivity contribution is -0.144. The Kier molecular flexibility index (Phi) is 11.2. The van der Waals surface area contributed by atoms with Gasteiger partial charge in [0.15, 0.2) is 0 Å². The lowest BCUT2D eigenvalue weighted by atomic mass is 9.97. The van der Waals surface area contributed by atoms with E-state index in [0.717, 1.165) is 32.9 Å². The van der Waals surface area contributed by atoms with E-state index in [-0.39, 0.29) is 31.6 Å². The molecule has 4 aromatic rings. The summed E-state index contributed by atoms with van der Waals surface area (Å²) in [5.41, 5.74) is 9.04. The molecule has 4 rings (SSSR count). The molecular formula is C33H40N6O7. The van der Waals surface area contributed by atoms with E-state index >= 15 is 0 Å². The van der Waals surface area contributed by atoms with Crippen LogP contribution < -0.4 is 21.7 Å². The third-order valence-electron chi connectivity index (χ3n) is 8.25.